The van der Waals surface area contributed by atoms with Crippen LogP contribution in [0.5, 0.6) is 5.75 Å². The number of amides is 4. The highest BCUT2D eigenvalue weighted by Gasteiger charge is 2.16. The van der Waals surface area contributed by atoms with E-state index >= 15 is 0 Å². The Morgan fingerprint density at radius 1 is 0.852 bits per heavy atom. The Hall–Kier alpha value is -5.29. The quantitative estimate of drug-likeness (QED) is 0.0495. The molecular weight excluding hydrogens is 720 g/mol. The van der Waals surface area contributed by atoms with Gasteiger partial charge in [-0.2, -0.15) is 4.98 Å². The Labute approximate surface area is 319 Å². The molecule has 0 aliphatic carbocycles. The molecule has 0 atom stereocenters. The van der Waals surface area contributed by atoms with Crippen LogP contribution in [0.15, 0.2) is 55.3 Å². The van der Waals surface area contributed by atoms with E-state index in [2.05, 4.69) is 43.1 Å². The molecule has 1 aromatic heterocycles. The van der Waals surface area contributed by atoms with Gasteiger partial charge in [-0.05, 0) is 62.1 Å². The number of anilines is 5. The summed E-state index contributed by atoms with van der Waals surface area (Å²) in [4.78, 5) is 57.3. The lowest BCUT2D eigenvalue weighted by Gasteiger charge is -2.16. The summed E-state index contributed by atoms with van der Waals surface area (Å²) in [5.74, 6) is -0.622. The molecule has 0 spiro atoms. The minimum absolute atomic E-state index is 0.114. The van der Waals surface area contributed by atoms with Gasteiger partial charge in [0.05, 0.1) is 56.2 Å². The summed E-state index contributed by atoms with van der Waals surface area (Å²) in [6.07, 6.45) is 4.62. The van der Waals surface area contributed by atoms with E-state index in [0.717, 1.165) is 6.08 Å². The highest BCUT2D eigenvalue weighted by molar-refractivity contribution is 6.33. The number of rotatable bonds is 26. The molecule has 0 unspecified atom stereocenters. The van der Waals surface area contributed by atoms with Crippen molar-refractivity contribution in [3.05, 3.63) is 71.4 Å². The standard InChI is InChI=1S/C37H49ClN8O8/c1-4-32(47)43-28-10-5-6-11-29(28)44-36-27(38)24-42-37(46-36)45-30-23-26(35(39)50)31(22-25(30)2)54-17-9-15-41-34(49)13-7-12-33(48)40-14-8-16-52-20-21-53-19-18-51-3/h4-6,10-11,22-24H,1,7-9,12-21H2,2-3H3,(H2,39,50)(H,40,48)(H,41,49)(H,43,47)(H2,42,44,45,46). The van der Waals surface area contributed by atoms with Gasteiger partial charge >= 0.3 is 0 Å². The normalized spacial score (nSPS) is 10.6. The number of aromatic nitrogens is 2. The fraction of sp³-hybridized carbons (Fsp3) is 0.405. The maximum Gasteiger partial charge on any atom is 0.252 e. The van der Waals surface area contributed by atoms with Gasteiger partial charge in [0.25, 0.3) is 5.91 Å². The third-order valence-electron chi connectivity index (χ3n) is 7.51. The lowest BCUT2D eigenvalue weighted by Crippen LogP contribution is -2.27. The maximum atomic E-state index is 12.4. The number of primary amides is 1. The summed E-state index contributed by atoms with van der Waals surface area (Å²) in [5.41, 5.74) is 8.08. The molecular formula is C37H49ClN8O8. The molecule has 1 heterocycles. The highest BCUT2D eigenvalue weighted by Crippen LogP contribution is 2.31. The molecule has 3 rings (SSSR count). The first-order valence-corrected chi connectivity index (χ1v) is 17.8. The predicted molar refractivity (Wildman–Crippen MR) is 207 cm³/mol. The molecule has 0 bridgehead atoms. The molecule has 0 saturated carbocycles. The average molecular weight is 769 g/mol. The number of carbonyl (C=O) groups excluding carboxylic acids is 4. The summed E-state index contributed by atoms with van der Waals surface area (Å²) < 4.78 is 21.5. The zero-order valence-electron chi connectivity index (χ0n) is 30.6. The van der Waals surface area contributed by atoms with Crippen molar-refractivity contribution in [3.63, 3.8) is 0 Å². The van der Waals surface area contributed by atoms with E-state index < -0.39 is 5.91 Å². The summed E-state index contributed by atoms with van der Waals surface area (Å²) in [6.45, 7) is 8.92. The topological polar surface area (TPSA) is 217 Å². The van der Waals surface area contributed by atoms with Crippen molar-refractivity contribution >= 4 is 64.1 Å². The Bertz CT molecular complexity index is 1710. The van der Waals surface area contributed by atoms with Crippen LogP contribution in [0.1, 0.15) is 48.0 Å². The second kappa shape index (κ2) is 24.1. The van der Waals surface area contributed by atoms with E-state index in [4.69, 9.17) is 36.3 Å². The van der Waals surface area contributed by atoms with Crippen LogP contribution in [-0.2, 0) is 28.6 Å². The fourth-order valence-electron chi connectivity index (χ4n) is 4.71. The molecule has 0 aliphatic heterocycles. The lowest BCUT2D eigenvalue weighted by atomic mass is 10.1. The van der Waals surface area contributed by atoms with Gasteiger partial charge in [-0.15, -0.1) is 0 Å². The minimum Gasteiger partial charge on any atom is -0.493 e. The average Bonchev–Trinajstić information content (AvgIpc) is 3.15. The molecule has 0 aliphatic rings. The Kier molecular flexibility index (Phi) is 19.2. The molecule has 3 aromatic rings. The maximum absolute atomic E-state index is 12.4. The van der Waals surface area contributed by atoms with Crippen molar-refractivity contribution in [2.24, 2.45) is 5.73 Å². The van der Waals surface area contributed by atoms with Gasteiger partial charge in [0.15, 0.2) is 5.82 Å². The molecule has 16 nitrogen and oxygen atoms in total. The van der Waals surface area contributed by atoms with Crippen molar-refractivity contribution < 1.29 is 38.1 Å². The zero-order chi connectivity index (χ0) is 39.1. The summed E-state index contributed by atoms with van der Waals surface area (Å²) in [6, 6.07) is 10.2. The number of ether oxygens (including phenoxy) is 4. The number of nitrogens with two attached hydrogens (primary N) is 1. The van der Waals surface area contributed by atoms with Crippen LogP contribution in [0, 0.1) is 6.92 Å². The SMILES string of the molecule is C=CC(=O)Nc1ccccc1Nc1nc(Nc2cc(C(N)=O)c(OCCCNC(=O)CCCC(=O)NCCCOCCOCCOC)cc2C)ncc1Cl. The lowest BCUT2D eigenvalue weighted by molar-refractivity contribution is -0.122. The number of para-hydroxylation sites is 2. The van der Waals surface area contributed by atoms with Crippen molar-refractivity contribution in [1.82, 2.24) is 20.6 Å². The fourth-order valence-corrected chi connectivity index (χ4v) is 4.85. The van der Waals surface area contributed by atoms with Crippen LogP contribution in [-0.4, -0.2) is 93.4 Å². The van der Waals surface area contributed by atoms with Crippen LogP contribution < -0.4 is 37.1 Å². The van der Waals surface area contributed by atoms with Gasteiger partial charge in [-0.1, -0.05) is 30.3 Å². The molecule has 0 radical (unpaired) electrons. The second-order valence-corrected chi connectivity index (χ2v) is 12.1. The molecule has 4 amide bonds. The van der Waals surface area contributed by atoms with Gasteiger partial charge < -0.3 is 51.3 Å². The van der Waals surface area contributed by atoms with Crippen LogP contribution in [0.2, 0.25) is 5.02 Å². The molecule has 7 N–H and O–H groups in total. The Balaban J connectivity index is 1.41. The minimum atomic E-state index is -0.698. The van der Waals surface area contributed by atoms with Gasteiger partial charge in [0, 0.05) is 45.3 Å². The van der Waals surface area contributed by atoms with Gasteiger partial charge in [0.1, 0.15) is 10.8 Å². The molecule has 2 aromatic carbocycles. The van der Waals surface area contributed by atoms with E-state index in [-0.39, 0.29) is 59.5 Å². The Morgan fingerprint density at radius 3 is 2.17 bits per heavy atom. The van der Waals surface area contributed by atoms with Crippen molar-refractivity contribution in [1.29, 1.82) is 0 Å². The van der Waals surface area contributed by atoms with Crippen LogP contribution in [0.3, 0.4) is 0 Å². The van der Waals surface area contributed by atoms with Crippen LogP contribution in [0.4, 0.5) is 28.8 Å². The number of hydrogen-bond donors (Lipinski definition) is 6. The predicted octanol–water partition coefficient (Wildman–Crippen LogP) is 4.39. The van der Waals surface area contributed by atoms with E-state index in [9.17, 15) is 19.2 Å². The third kappa shape index (κ3) is 15.8. The number of methoxy groups -OCH3 is 1. The number of benzene rings is 2. The number of aryl methyl sites for hydroxylation is 1. The number of nitrogens with zero attached hydrogens (tertiary/aromatic N) is 2. The number of halogens is 1. The number of nitrogens with one attached hydrogen (secondary N) is 5. The largest absolute Gasteiger partial charge is 0.493 e. The van der Waals surface area contributed by atoms with E-state index in [1.807, 2.05) is 6.92 Å². The smallest absolute Gasteiger partial charge is 0.252 e. The molecule has 0 saturated heterocycles. The first kappa shape index (κ1) is 43.1. The number of carbonyl (C=O) groups is 4. The van der Waals surface area contributed by atoms with Crippen molar-refractivity contribution in [2.75, 3.05) is 75.8 Å². The first-order chi connectivity index (χ1) is 26.1. The van der Waals surface area contributed by atoms with E-state index in [0.29, 0.717) is 93.8 Å². The molecule has 54 heavy (non-hydrogen) atoms. The van der Waals surface area contributed by atoms with E-state index in [1.165, 1.54) is 6.20 Å². The molecule has 0 fully saturated rings. The summed E-state index contributed by atoms with van der Waals surface area (Å²) in [5, 5.41) is 14.8. The highest BCUT2D eigenvalue weighted by atomic mass is 35.5. The zero-order valence-corrected chi connectivity index (χ0v) is 31.4. The van der Waals surface area contributed by atoms with Crippen LogP contribution in [0.25, 0.3) is 0 Å². The van der Waals surface area contributed by atoms with E-state index in [1.54, 1.807) is 43.5 Å². The van der Waals surface area contributed by atoms with Crippen molar-refractivity contribution in [3.8, 4) is 5.75 Å². The summed E-state index contributed by atoms with van der Waals surface area (Å²) >= 11 is 6.37. The number of hydrogen-bond acceptors (Lipinski definition) is 12. The van der Waals surface area contributed by atoms with Gasteiger partial charge in [-0.25, -0.2) is 4.98 Å². The monoisotopic (exact) mass is 768 g/mol. The Morgan fingerprint density at radius 2 is 1.50 bits per heavy atom. The van der Waals surface area contributed by atoms with Gasteiger partial charge in [-0.3, -0.25) is 19.2 Å². The second-order valence-electron chi connectivity index (χ2n) is 11.7. The molecule has 17 heteroatoms. The molecule has 292 valence electrons. The van der Waals surface area contributed by atoms with Gasteiger partial charge in [0.2, 0.25) is 23.7 Å². The third-order valence-corrected chi connectivity index (χ3v) is 7.78. The van der Waals surface area contributed by atoms with Crippen LogP contribution >= 0.6 is 11.6 Å². The first-order valence-electron chi connectivity index (χ1n) is 17.4. The summed E-state index contributed by atoms with van der Waals surface area (Å²) in [7, 11) is 1.62. The van der Waals surface area contributed by atoms with Crippen molar-refractivity contribution in [2.45, 2.75) is 39.0 Å².